The second-order valence-corrected chi connectivity index (χ2v) is 4.54. The summed E-state index contributed by atoms with van der Waals surface area (Å²) in [4.78, 5) is 12.2. The van der Waals surface area contributed by atoms with Gasteiger partial charge in [0.25, 0.3) is 0 Å². The maximum Gasteiger partial charge on any atom is 0.187 e. The molecule has 0 bridgehead atoms. The molecule has 2 aromatic carbocycles. The molecular weight excluding hydrogens is 284 g/mol. The van der Waals surface area contributed by atoms with Crippen LogP contribution in [0.5, 0.6) is 0 Å². The summed E-state index contributed by atoms with van der Waals surface area (Å²) in [5.74, 6) is -3.37. The van der Waals surface area contributed by atoms with E-state index in [1.54, 1.807) is 6.07 Å². The van der Waals surface area contributed by atoms with E-state index in [-0.39, 0.29) is 16.1 Å². The van der Waals surface area contributed by atoms with Gasteiger partial charge >= 0.3 is 0 Å². The van der Waals surface area contributed by atoms with E-state index in [0.717, 1.165) is 18.2 Å². The van der Waals surface area contributed by atoms with E-state index < -0.39 is 23.3 Å². The number of carbonyl (C=O) groups excluding carboxylic acids is 1. The molecule has 100 valence electrons. The molecule has 2 nitrogen and oxygen atoms in total. The van der Waals surface area contributed by atoms with Gasteiger partial charge in [0.15, 0.2) is 5.78 Å². The van der Waals surface area contributed by atoms with Crippen LogP contribution < -0.4 is 0 Å². The average Bonchev–Trinajstić information content (AvgIpc) is 2.42. The van der Waals surface area contributed by atoms with Crippen LogP contribution in [0.1, 0.15) is 21.8 Å². The van der Waals surface area contributed by atoms with Crippen LogP contribution in [0.25, 0.3) is 0 Å². The van der Waals surface area contributed by atoms with Gasteiger partial charge in [0.1, 0.15) is 17.6 Å². The first-order valence-corrected chi connectivity index (χ1v) is 6.05. The van der Waals surface area contributed by atoms with Crippen molar-refractivity contribution >= 4 is 17.4 Å². The summed E-state index contributed by atoms with van der Waals surface area (Å²) in [5, 5.41) is 9.30. The zero-order valence-electron chi connectivity index (χ0n) is 10.1. The first-order chi connectivity index (χ1) is 9.52. The minimum atomic E-state index is -1.28. The van der Waals surface area contributed by atoms with Crippen LogP contribution in [-0.2, 0) is 0 Å². The largest absolute Gasteiger partial charge is 0.292 e. The lowest BCUT2D eigenvalue weighted by molar-refractivity contribution is 0.0975. The monoisotopic (exact) mass is 291 g/mol. The molecule has 0 aliphatic heterocycles. The molecule has 1 atom stereocenters. The SMILES string of the molecule is N#CC(C(=O)c1cc(Cl)ccc1F)c1cccc(F)c1. The van der Waals surface area contributed by atoms with Crippen molar-refractivity contribution in [3.63, 3.8) is 0 Å². The molecule has 1 unspecified atom stereocenters. The fraction of sp³-hybridized carbons (Fsp3) is 0.0667. The van der Waals surface area contributed by atoms with Gasteiger partial charge in [-0.15, -0.1) is 0 Å². The van der Waals surface area contributed by atoms with E-state index in [4.69, 9.17) is 16.9 Å². The molecular formula is C15H8ClF2NO. The molecule has 20 heavy (non-hydrogen) atoms. The molecule has 0 aromatic heterocycles. The summed E-state index contributed by atoms with van der Waals surface area (Å²) in [6.07, 6.45) is 0. The number of nitrogens with zero attached hydrogens (tertiary/aromatic N) is 1. The van der Waals surface area contributed by atoms with Crippen molar-refractivity contribution in [3.8, 4) is 6.07 Å². The Bertz CT molecular complexity index is 709. The maximum atomic E-state index is 13.6. The Kier molecular flexibility index (Phi) is 4.11. The van der Waals surface area contributed by atoms with Crippen molar-refractivity contribution in [3.05, 3.63) is 70.2 Å². The highest BCUT2D eigenvalue weighted by Crippen LogP contribution is 2.24. The smallest absolute Gasteiger partial charge is 0.187 e. The first-order valence-electron chi connectivity index (χ1n) is 5.67. The maximum absolute atomic E-state index is 13.6. The third kappa shape index (κ3) is 2.84. The standard InChI is InChI=1S/C15H8ClF2NO/c16-10-4-5-14(18)12(7-10)15(20)13(8-19)9-2-1-3-11(17)6-9/h1-7,13H. The summed E-state index contributed by atoms with van der Waals surface area (Å²) >= 11 is 5.72. The molecule has 0 heterocycles. The Hall–Kier alpha value is -2.25. The van der Waals surface area contributed by atoms with Crippen molar-refractivity contribution in [1.82, 2.24) is 0 Å². The highest BCUT2D eigenvalue weighted by molar-refractivity contribution is 6.31. The summed E-state index contributed by atoms with van der Waals surface area (Å²) in [6.45, 7) is 0. The zero-order valence-corrected chi connectivity index (χ0v) is 10.9. The van der Waals surface area contributed by atoms with E-state index in [1.165, 1.54) is 24.3 Å². The number of Topliss-reactive ketones (excluding diaryl/α,β-unsaturated/α-hetero) is 1. The number of benzene rings is 2. The normalized spacial score (nSPS) is 11.7. The fourth-order valence-electron chi connectivity index (χ4n) is 1.81. The van der Waals surface area contributed by atoms with Crippen molar-refractivity contribution in [1.29, 1.82) is 5.26 Å². The van der Waals surface area contributed by atoms with Crippen molar-refractivity contribution in [2.45, 2.75) is 5.92 Å². The van der Waals surface area contributed by atoms with Crippen molar-refractivity contribution < 1.29 is 13.6 Å². The lowest BCUT2D eigenvalue weighted by Gasteiger charge is -2.09. The van der Waals surface area contributed by atoms with E-state index >= 15 is 0 Å². The molecule has 0 aliphatic carbocycles. The third-order valence-electron chi connectivity index (χ3n) is 2.77. The number of nitriles is 1. The van der Waals surface area contributed by atoms with Gasteiger partial charge in [-0.1, -0.05) is 23.7 Å². The molecule has 0 N–H and O–H groups in total. The predicted molar refractivity (Wildman–Crippen MR) is 70.5 cm³/mol. The Morgan fingerprint density at radius 3 is 2.60 bits per heavy atom. The topological polar surface area (TPSA) is 40.9 Å². The second-order valence-electron chi connectivity index (χ2n) is 4.11. The van der Waals surface area contributed by atoms with Gasteiger partial charge in [-0.2, -0.15) is 5.26 Å². The number of carbonyl (C=O) groups is 1. The van der Waals surface area contributed by atoms with E-state index in [1.807, 2.05) is 0 Å². The van der Waals surface area contributed by atoms with Crippen LogP contribution in [0.2, 0.25) is 5.02 Å². The highest BCUT2D eigenvalue weighted by atomic mass is 35.5. The Labute approximate surface area is 119 Å². The zero-order chi connectivity index (χ0) is 14.7. The molecule has 0 aliphatic rings. The Morgan fingerprint density at radius 1 is 1.20 bits per heavy atom. The summed E-state index contributed by atoms with van der Waals surface area (Å²) in [5.41, 5.74) is -0.106. The number of rotatable bonds is 3. The molecule has 0 saturated carbocycles. The van der Waals surface area contributed by atoms with Gasteiger partial charge in [0, 0.05) is 5.02 Å². The molecule has 0 fully saturated rings. The molecule has 5 heteroatoms. The van der Waals surface area contributed by atoms with Gasteiger partial charge in [-0.3, -0.25) is 4.79 Å². The number of hydrogen-bond donors (Lipinski definition) is 0. The van der Waals surface area contributed by atoms with E-state index in [0.29, 0.717) is 0 Å². The number of hydrogen-bond acceptors (Lipinski definition) is 2. The van der Waals surface area contributed by atoms with Gasteiger partial charge in [0.2, 0.25) is 0 Å². The van der Waals surface area contributed by atoms with E-state index in [9.17, 15) is 13.6 Å². The number of ketones is 1. The molecule has 2 rings (SSSR count). The summed E-state index contributed by atoms with van der Waals surface area (Å²) in [6, 6.07) is 10.4. The average molecular weight is 292 g/mol. The third-order valence-corrected chi connectivity index (χ3v) is 3.00. The first kappa shape index (κ1) is 14.2. The van der Waals surface area contributed by atoms with Crippen LogP contribution in [0, 0.1) is 23.0 Å². The van der Waals surface area contributed by atoms with Crippen LogP contribution in [-0.4, -0.2) is 5.78 Å². The van der Waals surface area contributed by atoms with Crippen LogP contribution in [0.4, 0.5) is 8.78 Å². The lowest BCUT2D eigenvalue weighted by atomic mass is 9.91. The van der Waals surface area contributed by atoms with E-state index in [2.05, 4.69) is 0 Å². The summed E-state index contributed by atoms with van der Waals surface area (Å²) in [7, 11) is 0. The molecule has 0 radical (unpaired) electrons. The highest BCUT2D eigenvalue weighted by Gasteiger charge is 2.24. The minimum absolute atomic E-state index is 0.178. The van der Waals surface area contributed by atoms with Crippen molar-refractivity contribution in [2.24, 2.45) is 0 Å². The molecule has 0 saturated heterocycles. The second kappa shape index (κ2) is 5.81. The van der Waals surface area contributed by atoms with Crippen molar-refractivity contribution in [2.75, 3.05) is 0 Å². The quantitative estimate of drug-likeness (QED) is 0.799. The van der Waals surface area contributed by atoms with Gasteiger partial charge in [-0.25, -0.2) is 8.78 Å². The van der Waals surface area contributed by atoms with Gasteiger partial charge in [-0.05, 0) is 35.9 Å². The van der Waals surface area contributed by atoms with Crippen LogP contribution in [0.15, 0.2) is 42.5 Å². The Morgan fingerprint density at radius 2 is 1.95 bits per heavy atom. The molecule has 2 aromatic rings. The summed E-state index contributed by atoms with van der Waals surface area (Å²) < 4.78 is 26.8. The minimum Gasteiger partial charge on any atom is -0.292 e. The van der Waals surface area contributed by atoms with Gasteiger partial charge < -0.3 is 0 Å². The van der Waals surface area contributed by atoms with Gasteiger partial charge in [0.05, 0.1) is 11.6 Å². The molecule has 0 amide bonds. The lowest BCUT2D eigenvalue weighted by Crippen LogP contribution is -2.13. The van der Waals surface area contributed by atoms with Crippen LogP contribution in [0.3, 0.4) is 0 Å². The van der Waals surface area contributed by atoms with Crippen LogP contribution >= 0.6 is 11.6 Å². The fourth-order valence-corrected chi connectivity index (χ4v) is 1.98. The Balaban J connectivity index is 2.45. The molecule has 0 spiro atoms. The predicted octanol–water partition coefficient (Wildman–Crippen LogP) is 4.11. The number of halogens is 3.